The van der Waals surface area contributed by atoms with Gasteiger partial charge in [-0.15, -0.1) is 0 Å². The van der Waals surface area contributed by atoms with E-state index in [0.717, 1.165) is 0 Å². The van der Waals surface area contributed by atoms with Crippen LogP contribution < -0.4 is 10.6 Å². The highest BCUT2D eigenvalue weighted by Gasteiger charge is 2.42. The molecule has 1 aliphatic rings. The number of fused-ring (bicyclic) bond motifs is 1. The first-order valence-corrected chi connectivity index (χ1v) is 7.79. The predicted molar refractivity (Wildman–Crippen MR) is 89.4 cm³/mol. The maximum absolute atomic E-state index is 12.5. The van der Waals surface area contributed by atoms with Crippen LogP contribution in [0, 0.1) is 0 Å². The second-order valence-electron chi connectivity index (χ2n) is 6.55. The minimum Gasteiger partial charge on any atom is -0.453 e. The van der Waals surface area contributed by atoms with Crippen LogP contribution in [0.1, 0.15) is 51.8 Å². The molecule has 2 N–H and O–H groups in total. The molecule has 0 bridgehead atoms. The molecule has 0 spiro atoms. The third-order valence-corrected chi connectivity index (χ3v) is 3.68. The number of carbonyl (C=O) groups excluding carboxylic acids is 4. The van der Waals surface area contributed by atoms with Crippen molar-refractivity contribution in [2.24, 2.45) is 0 Å². The third kappa shape index (κ3) is 3.78. The van der Waals surface area contributed by atoms with Crippen LogP contribution in [0.2, 0.25) is 0 Å². The summed E-state index contributed by atoms with van der Waals surface area (Å²) >= 11 is 0. The van der Waals surface area contributed by atoms with Crippen molar-refractivity contribution in [3.63, 3.8) is 0 Å². The van der Waals surface area contributed by atoms with Crippen molar-refractivity contribution in [2.75, 3.05) is 20.2 Å². The van der Waals surface area contributed by atoms with E-state index in [1.807, 2.05) is 0 Å². The number of benzene rings is 1. The zero-order valence-electron chi connectivity index (χ0n) is 14.6. The van der Waals surface area contributed by atoms with E-state index in [4.69, 9.17) is 0 Å². The summed E-state index contributed by atoms with van der Waals surface area (Å²) < 4.78 is 4.41. The predicted octanol–water partition coefficient (Wildman–Crippen LogP) is 1.17. The lowest BCUT2D eigenvalue weighted by molar-refractivity contribution is 0.0507. The molecule has 134 valence electrons. The minimum absolute atomic E-state index is 0.200. The van der Waals surface area contributed by atoms with Gasteiger partial charge in [0.2, 0.25) is 0 Å². The zero-order valence-corrected chi connectivity index (χ0v) is 14.6. The first-order chi connectivity index (χ1) is 11.7. The number of hydrogen-bond donors (Lipinski definition) is 2. The number of methoxy groups -OCH3 is 1. The highest BCUT2D eigenvalue weighted by Crippen LogP contribution is 2.29. The summed E-state index contributed by atoms with van der Waals surface area (Å²) in [6, 6.07) is 4.41. The fourth-order valence-corrected chi connectivity index (χ4v) is 2.51. The van der Waals surface area contributed by atoms with Gasteiger partial charge in [0.1, 0.15) is 0 Å². The summed E-state index contributed by atoms with van der Waals surface area (Å²) in [5.41, 5.74) is 0.146. The Morgan fingerprint density at radius 2 is 1.64 bits per heavy atom. The van der Waals surface area contributed by atoms with Gasteiger partial charge >= 0.3 is 6.09 Å². The number of hydrogen-bond acceptors (Lipinski definition) is 5. The molecule has 1 aliphatic heterocycles. The van der Waals surface area contributed by atoms with Gasteiger partial charge in [-0.05, 0) is 39.0 Å². The van der Waals surface area contributed by atoms with Crippen molar-refractivity contribution < 1.29 is 23.9 Å². The molecule has 1 aromatic carbocycles. The van der Waals surface area contributed by atoms with Gasteiger partial charge in [0.15, 0.2) is 0 Å². The Bertz CT molecular complexity index is 736. The van der Waals surface area contributed by atoms with E-state index >= 15 is 0 Å². The molecule has 0 unspecified atom stereocenters. The Labute approximate surface area is 145 Å². The highest BCUT2D eigenvalue weighted by atomic mass is 16.5. The van der Waals surface area contributed by atoms with Crippen LogP contribution in [-0.4, -0.2) is 54.5 Å². The van der Waals surface area contributed by atoms with E-state index in [-0.39, 0.29) is 30.1 Å². The van der Waals surface area contributed by atoms with Gasteiger partial charge in [-0.25, -0.2) is 4.79 Å². The van der Waals surface area contributed by atoms with Crippen LogP contribution in [-0.2, 0) is 4.74 Å². The lowest BCUT2D eigenvalue weighted by atomic mass is 10.1. The highest BCUT2D eigenvalue weighted by molar-refractivity contribution is 6.22. The van der Waals surface area contributed by atoms with Crippen LogP contribution in [0.3, 0.4) is 0 Å². The number of nitrogens with zero attached hydrogens (tertiary/aromatic N) is 1. The van der Waals surface area contributed by atoms with Gasteiger partial charge in [0, 0.05) is 24.2 Å². The quantitative estimate of drug-likeness (QED) is 0.628. The average molecular weight is 347 g/mol. The molecule has 0 atom stereocenters. The topological polar surface area (TPSA) is 105 Å². The summed E-state index contributed by atoms with van der Waals surface area (Å²) in [5, 5.41) is 5.05. The number of imide groups is 1. The molecule has 8 nitrogen and oxygen atoms in total. The number of alkyl carbamates (subject to hydrolysis) is 1. The maximum Gasteiger partial charge on any atom is 0.406 e. The summed E-state index contributed by atoms with van der Waals surface area (Å²) in [6.45, 7) is 5.73. The van der Waals surface area contributed by atoms with Gasteiger partial charge < -0.3 is 15.4 Å². The molecule has 2 rings (SSSR count). The monoisotopic (exact) mass is 347 g/mol. The molecule has 0 aromatic heterocycles. The molecule has 4 amide bonds. The molecular weight excluding hydrogens is 326 g/mol. The molecule has 1 heterocycles. The van der Waals surface area contributed by atoms with E-state index in [1.165, 1.54) is 30.2 Å². The zero-order chi connectivity index (χ0) is 18.8. The Morgan fingerprint density at radius 1 is 1.04 bits per heavy atom. The summed E-state index contributed by atoms with van der Waals surface area (Å²) in [5.74, 6) is -1.17. The fourth-order valence-electron chi connectivity index (χ4n) is 2.51. The van der Waals surface area contributed by atoms with Crippen LogP contribution in [0.4, 0.5) is 4.79 Å². The second-order valence-corrected chi connectivity index (χ2v) is 6.55. The van der Waals surface area contributed by atoms with Crippen molar-refractivity contribution in [3.05, 3.63) is 34.9 Å². The normalized spacial score (nSPS) is 13.5. The summed E-state index contributed by atoms with van der Waals surface area (Å²) in [4.78, 5) is 49.2. The van der Waals surface area contributed by atoms with Crippen molar-refractivity contribution in [1.82, 2.24) is 15.5 Å². The van der Waals surface area contributed by atoms with E-state index in [0.29, 0.717) is 5.56 Å². The number of ether oxygens (including phenoxy) is 1. The molecule has 0 aliphatic carbocycles. The summed E-state index contributed by atoms with van der Waals surface area (Å²) in [6.07, 6.45) is -0.585. The van der Waals surface area contributed by atoms with Crippen LogP contribution in [0.5, 0.6) is 0 Å². The Kier molecular flexibility index (Phi) is 5.10. The van der Waals surface area contributed by atoms with Crippen molar-refractivity contribution in [3.8, 4) is 0 Å². The molecule has 1 aromatic rings. The van der Waals surface area contributed by atoms with Gasteiger partial charge in [-0.3, -0.25) is 19.3 Å². The molecule has 0 fully saturated rings. The van der Waals surface area contributed by atoms with Crippen molar-refractivity contribution >= 4 is 23.8 Å². The third-order valence-electron chi connectivity index (χ3n) is 3.68. The van der Waals surface area contributed by atoms with Gasteiger partial charge in [-0.2, -0.15) is 0 Å². The molecular formula is C17H21N3O5. The standard InChI is InChI=1S/C17H21N3O5/c1-17(2,3)20-14(22)11-6-5-10(9-12(11)15(20)23)13(21)18-7-8-19-16(24)25-4/h5-6,9H,7-8H2,1-4H3,(H,18,21)(H,19,24). The van der Waals surface area contributed by atoms with E-state index in [2.05, 4.69) is 15.4 Å². The minimum atomic E-state index is -0.644. The Morgan fingerprint density at radius 3 is 2.24 bits per heavy atom. The van der Waals surface area contributed by atoms with Crippen molar-refractivity contribution in [2.45, 2.75) is 26.3 Å². The number of carbonyl (C=O) groups is 4. The Balaban J connectivity index is 2.09. The maximum atomic E-state index is 12.5. The van der Waals surface area contributed by atoms with Gasteiger partial charge in [-0.1, -0.05) is 0 Å². The smallest absolute Gasteiger partial charge is 0.406 e. The number of nitrogens with one attached hydrogen (secondary N) is 2. The largest absolute Gasteiger partial charge is 0.453 e. The molecule has 0 saturated heterocycles. The van der Waals surface area contributed by atoms with Gasteiger partial charge in [0.05, 0.1) is 18.2 Å². The van der Waals surface area contributed by atoms with E-state index < -0.39 is 23.4 Å². The number of rotatable bonds is 4. The van der Waals surface area contributed by atoms with Gasteiger partial charge in [0.25, 0.3) is 17.7 Å². The van der Waals surface area contributed by atoms with Crippen LogP contribution in [0.25, 0.3) is 0 Å². The van der Waals surface area contributed by atoms with Crippen LogP contribution >= 0.6 is 0 Å². The summed E-state index contributed by atoms with van der Waals surface area (Å²) in [7, 11) is 1.25. The van der Waals surface area contributed by atoms with E-state index in [9.17, 15) is 19.2 Å². The van der Waals surface area contributed by atoms with Crippen LogP contribution in [0.15, 0.2) is 18.2 Å². The molecule has 0 saturated carbocycles. The lowest BCUT2D eigenvalue weighted by Gasteiger charge is -2.29. The molecule has 8 heteroatoms. The van der Waals surface area contributed by atoms with E-state index in [1.54, 1.807) is 20.8 Å². The van der Waals surface area contributed by atoms with Crippen molar-refractivity contribution in [1.29, 1.82) is 0 Å². The molecule has 0 radical (unpaired) electrons. The molecule has 25 heavy (non-hydrogen) atoms. The number of amides is 4. The average Bonchev–Trinajstić information content (AvgIpc) is 2.81. The Hall–Kier alpha value is -2.90. The first-order valence-electron chi connectivity index (χ1n) is 7.79. The first kappa shape index (κ1) is 18.4. The fraction of sp³-hybridized carbons (Fsp3) is 0.412. The SMILES string of the molecule is COC(=O)NCCNC(=O)c1ccc2c(c1)C(=O)N(C(C)(C)C)C2=O. The lowest BCUT2D eigenvalue weighted by Crippen LogP contribution is -2.45. The second kappa shape index (κ2) is 6.92.